The van der Waals surface area contributed by atoms with Gasteiger partial charge in [0.15, 0.2) is 0 Å². The van der Waals surface area contributed by atoms with Crippen LogP contribution in [0.5, 0.6) is 0 Å². The maximum absolute atomic E-state index is 12.5. The number of hydrogen-bond donors (Lipinski definition) is 1. The molecule has 0 saturated heterocycles. The summed E-state index contributed by atoms with van der Waals surface area (Å²) in [5.41, 5.74) is 7.45. The minimum absolute atomic E-state index is 0.142. The van der Waals surface area contributed by atoms with E-state index in [0.717, 1.165) is 5.56 Å². The second-order valence-electron chi connectivity index (χ2n) is 4.56. The van der Waals surface area contributed by atoms with E-state index < -0.39 is 5.91 Å². The van der Waals surface area contributed by atoms with E-state index in [9.17, 15) is 9.59 Å². The Morgan fingerprint density at radius 2 is 1.75 bits per heavy atom. The lowest BCUT2D eigenvalue weighted by Crippen LogP contribution is -2.38. The lowest BCUT2D eigenvalue weighted by atomic mass is 10.1. The fourth-order valence-electron chi connectivity index (χ4n) is 1.97. The number of nitrogens with two attached hydrogens (primary N) is 1. The van der Waals surface area contributed by atoms with Crippen LogP contribution in [0.2, 0.25) is 0 Å². The van der Waals surface area contributed by atoms with Crippen LogP contribution in [-0.2, 0) is 4.79 Å². The van der Waals surface area contributed by atoms with Crippen molar-refractivity contribution in [2.75, 3.05) is 11.4 Å². The second-order valence-corrected chi connectivity index (χ2v) is 4.56. The van der Waals surface area contributed by atoms with Crippen molar-refractivity contribution in [3.8, 4) is 0 Å². The molecule has 0 radical (unpaired) electrons. The van der Waals surface area contributed by atoms with Gasteiger partial charge in [0.2, 0.25) is 5.91 Å². The minimum atomic E-state index is -0.546. The highest BCUT2D eigenvalue weighted by atomic mass is 16.2. The number of benzene rings is 2. The van der Waals surface area contributed by atoms with E-state index in [4.69, 9.17) is 5.73 Å². The molecule has 0 fully saturated rings. The van der Waals surface area contributed by atoms with Crippen LogP contribution in [0.25, 0.3) is 0 Å². The predicted molar refractivity (Wildman–Crippen MR) is 78.5 cm³/mol. The number of amides is 2. The summed E-state index contributed by atoms with van der Waals surface area (Å²) in [6, 6.07) is 16.2. The molecule has 2 N–H and O–H groups in total. The van der Waals surface area contributed by atoms with E-state index in [2.05, 4.69) is 0 Å². The number of aryl methyl sites for hydroxylation is 1. The first kappa shape index (κ1) is 13.8. The predicted octanol–water partition coefficient (Wildman–Crippen LogP) is 2.13. The van der Waals surface area contributed by atoms with Gasteiger partial charge in [0.1, 0.15) is 6.54 Å². The summed E-state index contributed by atoms with van der Waals surface area (Å²) in [7, 11) is 0. The van der Waals surface area contributed by atoms with Crippen molar-refractivity contribution in [1.82, 2.24) is 0 Å². The molecule has 20 heavy (non-hydrogen) atoms. The average molecular weight is 268 g/mol. The molecule has 0 aliphatic rings. The van der Waals surface area contributed by atoms with Crippen molar-refractivity contribution in [3.05, 3.63) is 65.7 Å². The fraction of sp³-hybridized carbons (Fsp3) is 0.125. The van der Waals surface area contributed by atoms with Gasteiger partial charge in [0, 0.05) is 11.3 Å². The molecule has 0 aromatic heterocycles. The molecule has 4 heteroatoms. The van der Waals surface area contributed by atoms with Crippen molar-refractivity contribution in [2.24, 2.45) is 5.73 Å². The third kappa shape index (κ3) is 3.23. The smallest absolute Gasteiger partial charge is 0.258 e. The summed E-state index contributed by atoms with van der Waals surface area (Å²) in [5.74, 6) is -0.786. The lowest BCUT2D eigenvalue weighted by Gasteiger charge is -2.21. The van der Waals surface area contributed by atoms with E-state index in [1.807, 2.05) is 31.2 Å². The molecule has 0 unspecified atom stereocenters. The molecule has 0 aliphatic heterocycles. The Labute approximate surface area is 117 Å². The van der Waals surface area contributed by atoms with Gasteiger partial charge in [-0.1, -0.05) is 30.3 Å². The molecular formula is C16H16N2O2. The van der Waals surface area contributed by atoms with Gasteiger partial charge < -0.3 is 5.73 Å². The molecule has 0 spiro atoms. The molecule has 2 rings (SSSR count). The van der Waals surface area contributed by atoms with E-state index in [1.165, 1.54) is 4.90 Å². The number of rotatable bonds is 4. The highest BCUT2D eigenvalue weighted by Gasteiger charge is 2.19. The zero-order valence-corrected chi connectivity index (χ0v) is 11.2. The van der Waals surface area contributed by atoms with Crippen LogP contribution < -0.4 is 10.6 Å². The molecule has 0 heterocycles. The summed E-state index contributed by atoms with van der Waals surface area (Å²) in [5, 5.41) is 0. The number of hydrogen-bond acceptors (Lipinski definition) is 2. The zero-order valence-electron chi connectivity index (χ0n) is 11.2. The maximum atomic E-state index is 12.5. The van der Waals surface area contributed by atoms with Crippen LogP contribution in [0.3, 0.4) is 0 Å². The quantitative estimate of drug-likeness (QED) is 0.923. The van der Waals surface area contributed by atoms with Gasteiger partial charge in [-0.25, -0.2) is 0 Å². The average Bonchev–Trinajstić information content (AvgIpc) is 2.45. The van der Waals surface area contributed by atoms with Crippen LogP contribution in [0.1, 0.15) is 15.9 Å². The normalized spacial score (nSPS) is 10.1. The van der Waals surface area contributed by atoms with E-state index in [-0.39, 0.29) is 12.5 Å². The molecule has 4 nitrogen and oxygen atoms in total. The fourth-order valence-corrected chi connectivity index (χ4v) is 1.97. The summed E-state index contributed by atoms with van der Waals surface area (Å²) in [4.78, 5) is 25.1. The Balaban J connectivity index is 2.38. The Kier molecular flexibility index (Phi) is 4.15. The van der Waals surface area contributed by atoms with Crippen LogP contribution >= 0.6 is 0 Å². The monoisotopic (exact) mass is 268 g/mol. The van der Waals surface area contributed by atoms with E-state index in [0.29, 0.717) is 11.3 Å². The molecule has 2 amide bonds. The van der Waals surface area contributed by atoms with Crippen LogP contribution in [-0.4, -0.2) is 18.4 Å². The third-order valence-corrected chi connectivity index (χ3v) is 2.89. The largest absolute Gasteiger partial charge is 0.368 e. The number of primary amides is 1. The van der Waals surface area contributed by atoms with Crippen LogP contribution in [0.4, 0.5) is 5.69 Å². The van der Waals surface area contributed by atoms with Crippen molar-refractivity contribution in [2.45, 2.75) is 6.92 Å². The molecular weight excluding hydrogens is 252 g/mol. The first-order chi connectivity index (χ1) is 9.58. The van der Waals surface area contributed by atoms with Crippen molar-refractivity contribution >= 4 is 17.5 Å². The SMILES string of the molecule is Cc1cccc(N(CC(N)=O)C(=O)c2ccccc2)c1. The van der Waals surface area contributed by atoms with Gasteiger partial charge in [-0.05, 0) is 36.8 Å². The number of nitrogens with zero attached hydrogens (tertiary/aromatic N) is 1. The van der Waals surface area contributed by atoms with Gasteiger partial charge in [-0.2, -0.15) is 0 Å². The zero-order chi connectivity index (χ0) is 14.5. The first-order valence-corrected chi connectivity index (χ1v) is 6.30. The minimum Gasteiger partial charge on any atom is -0.368 e. The van der Waals surface area contributed by atoms with E-state index in [1.54, 1.807) is 30.3 Å². The van der Waals surface area contributed by atoms with Crippen molar-refractivity contribution in [1.29, 1.82) is 0 Å². The Hall–Kier alpha value is -2.62. The molecule has 0 aliphatic carbocycles. The van der Waals surface area contributed by atoms with Gasteiger partial charge in [-0.15, -0.1) is 0 Å². The van der Waals surface area contributed by atoms with Gasteiger partial charge in [0.25, 0.3) is 5.91 Å². The van der Waals surface area contributed by atoms with Gasteiger partial charge >= 0.3 is 0 Å². The van der Waals surface area contributed by atoms with E-state index >= 15 is 0 Å². The Bertz CT molecular complexity index is 623. The highest BCUT2D eigenvalue weighted by Crippen LogP contribution is 2.18. The Morgan fingerprint density at radius 3 is 2.35 bits per heavy atom. The molecule has 2 aromatic carbocycles. The first-order valence-electron chi connectivity index (χ1n) is 6.30. The molecule has 102 valence electrons. The summed E-state index contributed by atoms with van der Waals surface area (Å²) in [6.07, 6.45) is 0. The second kappa shape index (κ2) is 6.02. The number of carbonyl (C=O) groups is 2. The van der Waals surface area contributed by atoms with Crippen molar-refractivity contribution < 1.29 is 9.59 Å². The van der Waals surface area contributed by atoms with Gasteiger partial charge in [-0.3, -0.25) is 14.5 Å². The summed E-state index contributed by atoms with van der Waals surface area (Å²) >= 11 is 0. The van der Waals surface area contributed by atoms with Gasteiger partial charge in [0.05, 0.1) is 0 Å². The standard InChI is InChI=1S/C16H16N2O2/c1-12-6-5-9-14(10-12)18(11-15(17)19)16(20)13-7-3-2-4-8-13/h2-10H,11H2,1H3,(H2,17,19). The number of carbonyl (C=O) groups excluding carboxylic acids is 2. The Morgan fingerprint density at radius 1 is 1.05 bits per heavy atom. The molecule has 0 atom stereocenters. The highest BCUT2D eigenvalue weighted by molar-refractivity contribution is 6.08. The molecule has 0 bridgehead atoms. The third-order valence-electron chi connectivity index (χ3n) is 2.89. The molecule has 2 aromatic rings. The summed E-state index contributed by atoms with van der Waals surface area (Å²) in [6.45, 7) is 1.79. The topological polar surface area (TPSA) is 63.4 Å². The maximum Gasteiger partial charge on any atom is 0.258 e. The molecule has 0 saturated carbocycles. The lowest BCUT2D eigenvalue weighted by molar-refractivity contribution is -0.116. The van der Waals surface area contributed by atoms with Crippen LogP contribution in [0.15, 0.2) is 54.6 Å². The van der Waals surface area contributed by atoms with Crippen molar-refractivity contribution in [3.63, 3.8) is 0 Å². The summed E-state index contributed by atoms with van der Waals surface area (Å²) < 4.78 is 0. The van der Waals surface area contributed by atoms with Crippen LogP contribution in [0, 0.1) is 6.92 Å². The number of anilines is 1.